The van der Waals surface area contributed by atoms with Crippen molar-refractivity contribution in [1.82, 2.24) is 4.90 Å². The number of carbonyl (C=O) groups excluding carboxylic acids is 2. The first-order valence-electron chi connectivity index (χ1n) is 6.30. The molecule has 2 rings (SSSR count). The Morgan fingerprint density at radius 3 is 2.70 bits per heavy atom. The highest BCUT2D eigenvalue weighted by Gasteiger charge is 2.35. The van der Waals surface area contributed by atoms with Crippen molar-refractivity contribution in [3.05, 3.63) is 28.2 Å². The second-order valence-electron chi connectivity index (χ2n) is 4.53. The van der Waals surface area contributed by atoms with Gasteiger partial charge in [-0.05, 0) is 47.0 Å². The highest BCUT2D eigenvalue weighted by Crippen LogP contribution is 2.28. The van der Waals surface area contributed by atoms with Gasteiger partial charge in [0.2, 0.25) is 0 Å². The fraction of sp³-hybridized carbons (Fsp3) is 0.429. The molecule has 1 aromatic carbocycles. The molecule has 6 heteroatoms. The predicted molar refractivity (Wildman–Crippen MR) is 76.8 cm³/mol. The average Bonchev–Trinajstić information content (AvgIpc) is 2.94. The van der Waals surface area contributed by atoms with Crippen molar-refractivity contribution in [3.63, 3.8) is 0 Å². The maximum atomic E-state index is 12.5. The van der Waals surface area contributed by atoms with Crippen LogP contribution in [0.4, 0.5) is 0 Å². The lowest BCUT2D eigenvalue weighted by Gasteiger charge is -2.22. The summed E-state index contributed by atoms with van der Waals surface area (Å²) >= 11 is 3.35. The number of likely N-dealkylation sites (tertiary alicyclic amines) is 1. The third kappa shape index (κ3) is 2.80. The van der Waals surface area contributed by atoms with Crippen molar-refractivity contribution in [2.24, 2.45) is 0 Å². The summed E-state index contributed by atoms with van der Waals surface area (Å²) in [4.78, 5) is 25.7. The Morgan fingerprint density at radius 2 is 2.10 bits per heavy atom. The molecule has 0 bridgehead atoms. The zero-order valence-corrected chi connectivity index (χ0v) is 13.0. The zero-order valence-electron chi connectivity index (χ0n) is 11.4. The summed E-state index contributed by atoms with van der Waals surface area (Å²) in [5.74, 6) is 0.136. The van der Waals surface area contributed by atoms with Gasteiger partial charge < -0.3 is 14.4 Å². The van der Waals surface area contributed by atoms with E-state index in [1.807, 2.05) is 0 Å². The van der Waals surface area contributed by atoms with Crippen LogP contribution in [0.3, 0.4) is 0 Å². The van der Waals surface area contributed by atoms with Gasteiger partial charge in [0, 0.05) is 12.1 Å². The van der Waals surface area contributed by atoms with E-state index >= 15 is 0 Å². The largest absolute Gasteiger partial charge is 0.496 e. The molecular weight excluding hydrogens is 326 g/mol. The Kier molecular flexibility index (Phi) is 4.65. The first-order valence-corrected chi connectivity index (χ1v) is 7.10. The van der Waals surface area contributed by atoms with Crippen molar-refractivity contribution in [2.45, 2.75) is 18.9 Å². The van der Waals surface area contributed by atoms with Crippen LogP contribution in [0.2, 0.25) is 0 Å². The van der Waals surface area contributed by atoms with E-state index in [0.29, 0.717) is 28.8 Å². The van der Waals surface area contributed by atoms with E-state index in [1.165, 1.54) is 7.11 Å². The summed E-state index contributed by atoms with van der Waals surface area (Å²) < 4.78 is 10.6. The Bertz CT molecular complexity index is 532. The maximum Gasteiger partial charge on any atom is 0.328 e. The quantitative estimate of drug-likeness (QED) is 0.791. The van der Waals surface area contributed by atoms with Crippen LogP contribution in [0, 0.1) is 0 Å². The zero-order chi connectivity index (χ0) is 14.7. The highest BCUT2D eigenvalue weighted by atomic mass is 79.9. The van der Waals surface area contributed by atoms with Gasteiger partial charge in [0.05, 0.1) is 18.7 Å². The number of hydrogen-bond donors (Lipinski definition) is 0. The number of nitrogens with zero attached hydrogens (tertiary/aromatic N) is 1. The number of methoxy groups -OCH3 is 2. The summed E-state index contributed by atoms with van der Waals surface area (Å²) in [6.07, 6.45) is 1.46. The van der Waals surface area contributed by atoms with Crippen molar-refractivity contribution >= 4 is 27.8 Å². The molecule has 0 aromatic heterocycles. The normalized spacial score (nSPS) is 17.9. The summed E-state index contributed by atoms with van der Waals surface area (Å²) in [6.45, 7) is 0.572. The number of halogens is 1. The van der Waals surface area contributed by atoms with Crippen molar-refractivity contribution in [1.29, 1.82) is 0 Å². The smallest absolute Gasteiger partial charge is 0.328 e. The molecule has 1 amide bonds. The highest BCUT2D eigenvalue weighted by molar-refractivity contribution is 9.10. The van der Waals surface area contributed by atoms with E-state index in [0.717, 1.165) is 6.42 Å². The number of esters is 1. The molecule has 5 nitrogen and oxygen atoms in total. The molecule has 1 saturated heterocycles. The van der Waals surface area contributed by atoms with Crippen LogP contribution in [-0.4, -0.2) is 43.6 Å². The van der Waals surface area contributed by atoms with Gasteiger partial charge in [0.15, 0.2) is 0 Å². The fourth-order valence-corrected chi connectivity index (χ4v) is 2.90. The van der Waals surface area contributed by atoms with E-state index in [9.17, 15) is 9.59 Å². The number of carbonyl (C=O) groups is 2. The molecule has 0 spiro atoms. The summed E-state index contributed by atoms with van der Waals surface area (Å²) in [5.41, 5.74) is 0.522. The third-order valence-corrected chi connectivity index (χ3v) is 4.01. The maximum absolute atomic E-state index is 12.5. The van der Waals surface area contributed by atoms with Crippen molar-refractivity contribution < 1.29 is 19.1 Å². The van der Waals surface area contributed by atoms with Gasteiger partial charge in [0.25, 0.3) is 5.91 Å². The van der Waals surface area contributed by atoms with E-state index < -0.39 is 6.04 Å². The molecule has 1 heterocycles. The van der Waals surface area contributed by atoms with Crippen molar-refractivity contribution in [3.8, 4) is 5.75 Å². The van der Waals surface area contributed by atoms with E-state index in [4.69, 9.17) is 9.47 Å². The molecule has 0 radical (unpaired) electrons. The van der Waals surface area contributed by atoms with Crippen LogP contribution < -0.4 is 4.74 Å². The Morgan fingerprint density at radius 1 is 1.35 bits per heavy atom. The Labute approximate surface area is 126 Å². The lowest BCUT2D eigenvalue weighted by Crippen LogP contribution is -2.41. The predicted octanol–water partition coefficient (Wildman–Crippen LogP) is 2.24. The molecule has 0 saturated carbocycles. The molecule has 1 fully saturated rings. The van der Waals surface area contributed by atoms with Crippen molar-refractivity contribution in [2.75, 3.05) is 20.8 Å². The number of benzene rings is 1. The van der Waals surface area contributed by atoms with Gasteiger partial charge in [-0.25, -0.2) is 4.79 Å². The van der Waals surface area contributed by atoms with Crippen LogP contribution >= 0.6 is 15.9 Å². The van der Waals surface area contributed by atoms with Crippen LogP contribution in [0.5, 0.6) is 5.75 Å². The van der Waals surface area contributed by atoms with Gasteiger partial charge in [-0.3, -0.25) is 4.79 Å². The number of amides is 1. The van der Waals surface area contributed by atoms with Gasteiger partial charge in [0.1, 0.15) is 11.8 Å². The Hall–Kier alpha value is -1.56. The molecule has 20 heavy (non-hydrogen) atoms. The fourth-order valence-electron chi connectivity index (χ4n) is 2.36. The van der Waals surface area contributed by atoms with E-state index in [1.54, 1.807) is 30.2 Å². The molecule has 1 aliphatic heterocycles. The topological polar surface area (TPSA) is 55.8 Å². The molecule has 1 aromatic rings. The number of ether oxygens (including phenoxy) is 2. The molecule has 1 aliphatic rings. The van der Waals surface area contributed by atoms with Crippen LogP contribution in [0.1, 0.15) is 23.2 Å². The lowest BCUT2D eigenvalue weighted by molar-refractivity contribution is -0.145. The summed E-state index contributed by atoms with van der Waals surface area (Å²) in [6, 6.07) is 4.64. The molecule has 0 unspecified atom stereocenters. The van der Waals surface area contributed by atoms with Crippen LogP contribution in [-0.2, 0) is 9.53 Å². The number of rotatable bonds is 3. The minimum Gasteiger partial charge on any atom is -0.496 e. The Balaban J connectivity index is 2.22. The van der Waals surface area contributed by atoms with E-state index in [2.05, 4.69) is 15.9 Å². The summed E-state index contributed by atoms with van der Waals surface area (Å²) in [5, 5.41) is 0. The monoisotopic (exact) mass is 341 g/mol. The third-order valence-electron chi connectivity index (χ3n) is 3.39. The molecule has 108 valence electrons. The molecular formula is C14H16BrNO4. The number of hydrogen-bond acceptors (Lipinski definition) is 4. The average molecular weight is 342 g/mol. The standard InChI is InChI=1S/C14H16BrNO4/c1-19-12-6-5-9(8-10(12)15)13(17)16-7-3-4-11(16)14(18)20-2/h5-6,8,11H,3-4,7H2,1-2H3/t11-/m1/s1. The van der Waals surface area contributed by atoms with E-state index in [-0.39, 0.29) is 11.9 Å². The molecule has 0 aliphatic carbocycles. The minimum absolute atomic E-state index is 0.166. The summed E-state index contributed by atoms with van der Waals surface area (Å²) in [7, 11) is 2.91. The molecule has 1 atom stereocenters. The second kappa shape index (κ2) is 6.26. The van der Waals surface area contributed by atoms with Crippen LogP contribution in [0.25, 0.3) is 0 Å². The van der Waals surface area contributed by atoms with Crippen LogP contribution in [0.15, 0.2) is 22.7 Å². The first kappa shape index (κ1) is 14.8. The minimum atomic E-state index is -0.478. The van der Waals surface area contributed by atoms with Gasteiger partial charge in [-0.15, -0.1) is 0 Å². The second-order valence-corrected chi connectivity index (χ2v) is 5.38. The lowest BCUT2D eigenvalue weighted by atomic mass is 10.1. The van der Waals surface area contributed by atoms with Gasteiger partial charge >= 0.3 is 5.97 Å². The molecule has 0 N–H and O–H groups in total. The van der Waals surface area contributed by atoms with Gasteiger partial charge in [-0.2, -0.15) is 0 Å². The SMILES string of the molecule is COC(=O)[C@H]1CCCN1C(=O)c1ccc(OC)c(Br)c1. The first-order chi connectivity index (χ1) is 9.58. The van der Waals surface area contributed by atoms with Gasteiger partial charge in [-0.1, -0.05) is 0 Å².